The summed E-state index contributed by atoms with van der Waals surface area (Å²) >= 11 is 0. The van der Waals surface area contributed by atoms with Crippen molar-refractivity contribution in [3.05, 3.63) is 72.5 Å². The maximum absolute atomic E-state index is 12.9. The molecule has 5 nitrogen and oxygen atoms in total. The minimum absolute atomic E-state index is 0.143. The minimum atomic E-state index is -0.617. The quantitative estimate of drug-likeness (QED) is 0.107. The summed E-state index contributed by atoms with van der Waals surface area (Å²) in [7, 11) is 4.89. The van der Waals surface area contributed by atoms with Crippen LogP contribution in [0.5, 0.6) is 0 Å². The average molecular weight is 464 g/mol. The number of ether oxygens (including phenoxy) is 1. The van der Waals surface area contributed by atoms with E-state index >= 15 is 0 Å². The monoisotopic (exact) mass is 463 g/mol. The van der Waals surface area contributed by atoms with Crippen LogP contribution in [0.25, 0.3) is 0 Å². The Hall–Kier alpha value is -3.09. The summed E-state index contributed by atoms with van der Waals surface area (Å²) in [5.74, 6) is -0.0481. The zero-order valence-electron chi connectivity index (χ0n) is 21.0. The third-order valence-electron chi connectivity index (χ3n) is 4.14. The lowest BCUT2D eigenvalue weighted by Gasteiger charge is -2.15. The number of allylic oxidation sites excluding steroid dienone is 3. The van der Waals surface area contributed by atoms with Crippen LogP contribution in [0.1, 0.15) is 46.1 Å². The van der Waals surface area contributed by atoms with Crippen LogP contribution in [0.15, 0.2) is 71.1 Å². The van der Waals surface area contributed by atoms with Gasteiger partial charge in [0.25, 0.3) is 0 Å². The van der Waals surface area contributed by atoms with E-state index in [9.17, 15) is 13.6 Å². The summed E-state index contributed by atoms with van der Waals surface area (Å²) in [6.07, 6.45) is 9.05. The lowest BCUT2D eigenvalue weighted by molar-refractivity contribution is -0.124. The van der Waals surface area contributed by atoms with E-state index in [0.29, 0.717) is 18.4 Å². The van der Waals surface area contributed by atoms with Crippen molar-refractivity contribution in [2.45, 2.75) is 40.5 Å². The van der Waals surface area contributed by atoms with Gasteiger partial charge in [0.05, 0.1) is 7.11 Å². The van der Waals surface area contributed by atoms with Gasteiger partial charge in [0.2, 0.25) is 17.8 Å². The van der Waals surface area contributed by atoms with Crippen molar-refractivity contribution in [3.8, 4) is 0 Å². The number of hydrogen-bond acceptors (Lipinski definition) is 4. The normalized spacial score (nSPS) is 12.4. The Kier molecular flexibility index (Phi) is 20.2. The van der Waals surface area contributed by atoms with Crippen LogP contribution in [-0.4, -0.2) is 50.7 Å². The van der Waals surface area contributed by atoms with E-state index in [1.807, 2.05) is 19.9 Å². The molecule has 0 N–H and O–H groups in total. The summed E-state index contributed by atoms with van der Waals surface area (Å²) in [5, 5.41) is 0. The summed E-state index contributed by atoms with van der Waals surface area (Å²) in [5.41, 5.74) is 0.779. The molecule has 1 amide bonds. The number of aliphatic imine (C=N–C) groups is 2. The SMILES string of the molecule is C=C[C@H](C)CCCN(C)C(=O)/C=C/C=C(F)\N=C/C.CC.CN=C(OC)c1ccc(F)cc1. The smallest absolute Gasteiger partial charge is 0.246 e. The van der Waals surface area contributed by atoms with Crippen molar-refractivity contribution in [3.63, 3.8) is 0 Å². The van der Waals surface area contributed by atoms with E-state index in [2.05, 4.69) is 23.5 Å². The third-order valence-corrected chi connectivity index (χ3v) is 4.14. The van der Waals surface area contributed by atoms with Crippen molar-refractivity contribution in [2.75, 3.05) is 27.7 Å². The molecule has 0 spiro atoms. The molecule has 0 aliphatic heterocycles. The fraction of sp³-hybridized carbons (Fsp3) is 0.423. The number of carbonyl (C=O) groups excluding carboxylic acids is 1. The zero-order valence-corrected chi connectivity index (χ0v) is 21.0. The molecule has 0 unspecified atom stereocenters. The highest BCUT2D eigenvalue weighted by Gasteiger charge is 2.05. The van der Waals surface area contributed by atoms with Crippen LogP contribution in [-0.2, 0) is 9.53 Å². The van der Waals surface area contributed by atoms with Crippen molar-refractivity contribution in [1.82, 2.24) is 4.90 Å². The van der Waals surface area contributed by atoms with E-state index in [4.69, 9.17) is 4.74 Å². The molecule has 0 heterocycles. The number of halogens is 2. The second-order valence-electron chi connectivity index (χ2n) is 6.59. The van der Waals surface area contributed by atoms with E-state index in [1.54, 1.807) is 38.1 Å². The number of amides is 1. The Morgan fingerprint density at radius 1 is 1.27 bits per heavy atom. The van der Waals surface area contributed by atoms with Gasteiger partial charge in [-0.25, -0.2) is 9.38 Å². The number of hydrogen-bond donors (Lipinski definition) is 0. The Morgan fingerprint density at radius 3 is 2.36 bits per heavy atom. The van der Waals surface area contributed by atoms with Crippen molar-refractivity contribution >= 4 is 18.0 Å². The van der Waals surface area contributed by atoms with Crippen molar-refractivity contribution in [1.29, 1.82) is 0 Å². The standard InChI is InChI=1S/C15H23FN2O.C9H10FNO.C2H6/c1-5-13(3)9-8-12-18(4)15(19)11-7-10-14(16)17-6-2;1-11-9(12-2)7-3-5-8(10)6-4-7;1-2/h5-7,10-11,13H,1,8-9,12H2,2-4H3;3-6H,1-2H3;1-2H3/b11-7+,14-10-,17-6-;;/t13-;;/m0../s1. The first-order valence-electron chi connectivity index (χ1n) is 11.0. The highest BCUT2D eigenvalue weighted by Crippen LogP contribution is 2.07. The maximum Gasteiger partial charge on any atom is 0.246 e. The lowest BCUT2D eigenvalue weighted by Crippen LogP contribution is -2.26. The van der Waals surface area contributed by atoms with Gasteiger partial charge in [-0.05, 0) is 56.0 Å². The van der Waals surface area contributed by atoms with Gasteiger partial charge < -0.3 is 9.64 Å². The molecule has 0 radical (unpaired) electrons. The van der Waals surface area contributed by atoms with Gasteiger partial charge in [0.15, 0.2) is 0 Å². The molecular weight excluding hydrogens is 424 g/mol. The molecule has 0 aromatic heterocycles. The molecule has 1 rings (SSSR count). The van der Waals surface area contributed by atoms with Gasteiger partial charge in [0, 0.05) is 38.5 Å². The summed E-state index contributed by atoms with van der Waals surface area (Å²) in [6, 6.07) is 6.00. The van der Waals surface area contributed by atoms with Crippen LogP contribution in [0.4, 0.5) is 8.78 Å². The Bertz CT molecular complexity index is 785. The molecule has 184 valence electrons. The van der Waals surface area contributed by atoms with Gasteiger partial charge >= 0.3 is 0 Å². The van der Waals surface area contributed by atoms with Crippen LogP contribution in [0.3, 0.4) is 0 Å². The largest absolute Gasteiger partial charge is 0.481 e. The average Bonchev–Trinajstić information content (AvgIpc) is 2.82. The molecule has 1 aromatic carbocycles. The van der Waals surface area contributed by atoms with Crippen molar-refractivity contribution < 1.29 is 18.3 Å². The Balaban J connectivity index is 0. The molecule has 0 fully saturated rings. The van der Waals surface area contributed by atoms with E-state index in [-0.39, 0.29) is 11.7 Å². The predicted molar refractivity (Wildman–Crippen MR) is 136 cm³/mol. The van der Waals surface area contributed by atoms with E-state index in [1.165, 1.54) is 37.6 Å². The van der Waals surface area contributed by atoms with Crippen LogP contribution in [0, 0.1) is 11.7 Å². The molecule has 7 heteroatoms. The van der Waals surface area contributed by atoms with E-state index < -0.39 is 5.95 Å². The first kappa shape index (κ1) is 32.1. The van der Waals surface area contributed by atoms with Gasteiger partial charge in [-0.3, -0.25) is 9.79 Å². The number of benzene rings is 1. The summed E-state index contributed by atoms with van der Waals surface area (Å²) in [4.78, 5) is 20.6. The highest BCUT2D eigenvalue weighted by atomic mass is 19.1. The second kappa shape index (κ2) is 20.8. The molecular formula is C26H39F2N3O2. The second-order valence-corrected chi connectivity index (χ2v) is 6.59. The molecule has 0 aliphatic carbocycles. The number of methoxy groups -OCH3 is 1. The molecule has 33 heavy (non-hydrogen) atoms. The number of carbonyl (C=O) groups is 1. The molecule has 0 bridgehead atoms. The highest BCUT2D eigenvalue weighted by molar-refractivity contribution is 5.93. The van der Waals surface area contributed by atoms with Crippen LogP contribution in [0.2, 0.25) is 0 Å². The summed E-state index contributed by atoms with van der Waals surface area (Å²) < 4.78 is 30.3. The molecule has 0 saturated heterocycles. The number of nitrogens with zero attached hydrogens (tertiary/aromatic N) is 3. The summed E-state index contributed by atoms with van der Waals surface area (Å²) in [6.45, 7) is 12.1. The van der Waals surface area contributed by atoms with Gasteiger partial charge in [-0.2, -0.15) is 4.39 Å². The minimum Gasteiger partial charge on any atom is -0.481 e. The van der Waals surface area contributed by atoms with Crippen LogP contribution >= 0.6 is 0 Å². The first-order chi connectivity index (χ1) is 15.8. The fourth-order valence-corrected chi connectivity index (χ4v) is 2.31. The van der Waals surface area contributed by atoms with Gasteiger partial charge in [0.1, 0.15) is 5.82 Å². The lowest BCUT2D eigenvalue weighted by atomic mass is 10.1. The topological polar surface area (TPSA) is 54.3 Å². The Labute approximate surface area is 198 Å². The predicted octanol–water partition coefficient (Wildman–Crippen LogP) is 6.38. The molecule has 1 aromatic rings. The Morgan fingerprint density at radius 2 is 1.88 bits per heavy atom. The number of rotatable bonds is 9. The molecule has 0 saturated carbocycles. The maximum atomic E-state index is 12.9. The molecule has 1 atom stereocenters. The zero-order chi connectivity index (χ0) is 25.6. The third kappa shape index (κ3) is 16.2. The number of likely N-dealkylation sites (N-methyl/N-ethyl adjacent to an activating group) is 1. The first-order valence-corrected chi connectivity index (χ1v) is 11.0. The van der Waals surface area contributed by atoms with Crippen LogP contribution < -0.4 is 0 Å². The van der Waals surface area contributed by atoms with Gasteiger partial charge in [-0.15, -0.1) is 6.58 Å². The fourth-order valence-electron chi connectivity index (χ4n) is 2.31. The van der Waals surface area contributed by atoms with Gasteiger partial charge in [-0.1, -0.05) is 32.9 Å². The molecule has 0 aliphatic rings. The van der Waals surface area contributed by atoms with E-state index in [0.717, 1.165) is 24.5 Å². The van der Waals surface area contributed by atoms with Crippen molar-refractivity contribution in [2.24, 2.45) is 15.9 Å².